The van der Waals surface area contributed by atoms with E-state index in [1.54, 1.807) is 34.9 Å². The number of methoxy groups -OCH3 is 1. The Balaban J connectivity index is 1.54. The molecule has 0 radical (unpaired) electrons. The number of ether oxygens (including phenoxy) is 2. The summed E-state index contributed by atoms with van der Waals surface area (Å²) in [4.78, 5) is 25.7. The van der Waals surface area contributed by atoms with Crippen LogP contribution in [0.5, 0.6) is 5.75 Å². The van der Waals surface area contributed by atoms with Crippen LogP contribution >= 0.6 is 7.75 Å². The van der Waals surface area contributed by atoms with Crippen molar-refractivity contribution in [3.05, 3.63) is 78.6 Å². The zero-order valence-corrected chi connectivity index (χ0v) is 34.6. The third kappa shape index (κ3) is 14.8. The van der Waals surface area contributed by atoms with E-state index in [0.29, 0.717) is 0 Å². The standard InChI is InChI=1S/C43H60FN6O6P/c1-5-8-10-12-16-24-35(25-17-13-11-9-6-2)31-54-41(51)37(30-34-22-18-14-19-23-34)49-57(52,56-36-26-20-15-21-27-36)55-32-43(7-3,53-4)28-29-50-33-46-38-39(45)47-42(44)48-40(38)50/h3,14-15,18-23,26-27,33,35,37H,5-6,8-13,16-17,24-25,28-32H2,1-2,4H3,(H,49,52)(H2,45,47,48)/t37-,43?,57?/m0/s1. The first-order valence-corrected chi connectivity index (χ1v) is 21.8. The van der Waals surface area contributed by atoms with Crippen LogP contribution < -0.4 is 15.3 Å². The highest BCUT2D eigenvalue weighted by atomic mass is 31.2. The van der Waals surface area contributed by atoms with Gasteiger partial charge in [-0.15, -0.1) is 6.42 Å². The Kier molecular flexibility index (Phi) is 18.9. The molecular formula is C43H60FN6O6P. The van der Waals surface area contributed by atoms with Gasteiger partial charge in [-0.2, -0.15) is 19.4 Å². The maximum absolute atomic E-state index is 14.9. The molecule has 0 spiro atoms. The van der Waals surface area contributed by atoms with Gasteiger partial charge in [0.2, 0.25) is 0 Å². The number of carbonyl (C=O) groups excluding carboxylic acids is 1. The normalized spacial score (nSPS) is 14.2. The predicted molar refractivity (Wildman–Crippen MR) is 222 cm³/mol. The SMILES string of the molecule is C#CC(CCn1cnc2c(N)nc(F)nc21)(COP(=O)(N[C@@H](Cc1ccccc1)C(=O)OCC(CCCCCCC)CCCCCCC)Oc1ccccc1)OC. The number of fused-ring (bicyclic) bond motifs is 1. The number of rotatable bonds is 28. The van der Waals surface area contributed by atoms with Crippen molar-refractivity contribution in [3.8, 4) is 18.1 Å². The second kappa shape index (κ2) is 23.8. The number of halogens is 1. The van der Waals surface area contributed by atoms with Gasteiger partial charge in [-0.25, -0.2) is 9.55 Å². The second-order valence-corrected chi connectivity index (χ2v) is 16.2. The lowest BCUT2D eigenvalue weighted by molar-refractivity contribution is -0.147. The van der Waals surface area contributed by atoms with Crippen LogP contribution in [0.4, 0.5) is 10.2 Å². The maximum Gasteiger partial charge on any atom is 0.459 e. The van der Waals surface area contributed by atoms with E-state index >= 15 is 0 Å². The molecule has 310 valence electrons. The fourth-order valence-electron chi connectivity index (χ4n) is 6.62. The molecule has 0 saturated carbocycles. The van der Waals surface area contributed by atoms with E-state index in [9.17, 15) is 13.8 Å². The zero-order chi connectivity index (χ0) is 40.9. The van der Waals surface area contributed by atoms with Crippen molar-refractivity contribution in [2.75, 3.05) is 26.1 Å². The second-order valence-electron chi connectivity index (χ2n) is 14.5. The van der Waals surface area contributed by atoms with Crippen molar-refractivity contribution in [1.82, 2.24) is 24.6 Å². The number of nitrogens with zero attached hydrogens (tertiary/aromatic N) is 4. The molecular weight excluding hydrogens is 746 g/mol. The number of hydrogen-bond donors (Lipinski definition) is 2. The summed E-state index contributed by atoms with van der Waals surface area (Å²) in [7, 11) is -2.98. The molecule has 2 unspecified atom stereocenters. The molecule has 2 aromatic heterocycles. The van der Waals surface area contributed by atoms with Crippen molar-refractivity contribution in [1.29, 1.82) is 0 Å². The van der Waals surface area contributed by atoms with Gasteiger partial charge in [0.15, 0.2) is 17.1 Å². The summed E-state index contributed by atoms with van der Waals surface area (Å²) in [5.41, 5.74) is 5.65. The van der Waals surface area contributed by atoms with Gasteiger partial charge in [0.25, 0.3) is 0 Å². The Labute approximate surface area is 337 Å². The number of imidazole rings is 1. The first kappa shape index (κ1) is 45.4. The number of nitrogen functional groups attached to an aromatic ring is 1. The lowest BCUT2D eigenvalue weighted by atomic mass is 9.95. The molecule has 0 bridgehead atoms. The van der Waals surface area contributed by atoms with Crippen LogP contribution in [0.3, 0.4) is 0 Å². The molecule has 0 amide bonds. The quantitative estimate of drug-likeness (QED) is 0.0186. The van der Waals surface area contributed by atoms with Gasteiger partial charge in [0.05, 0.1) is 19.5 Å². The van der Waals surface area contributed by atoms with E-state index in [-0.39, 0.29) is 54.6 Å². The van der Waals surface area contributed by atoms with Crippen molar-refractivity contribution < 1.29 is 32.3 Å². The number of carbonyl (C=O) groups is 1. The highest BCUT2D eigenvalue weighted by Crippen LogP contribution is 2.46. The molecule has 0 aliphatic heterocycles. The maximum atomic E-state index is 14.9. The summed E-state index contributed by atoms with van der Waals surface area (Å²) in [5, 5.41) is 2.94. The minimum Gasteiger partial charge on any atom is -0.464 e. The van der Waals surface area contributed by atoms with Crippen LogP contribution in [0.15, 0.2) is 67.0 Å². The Morgan fingerprint density at radius 3 is 2.21 bits per heavy atom. The topological polar surface area (TPSA) is 153 Å². The van der Waals surface area contributed by atoms with E-state index in [1.165, 1.54) is 52.0 Å². The van der Waals surface area contributed by atoms with Gasteiger partial charge in [-0.3, -0.25) is 9.32 Å². The van der Waals surface area contributed by atoms with E-state index in [1.807, 2.05) is 30.3 Å². The minimum absolute atomic E-state index is 0.0940. The summed E-state index contributed by atoms with van der Waals surface area (Å²) in [6.45, 7) is 4.44. The molecule has 0 saturated heterocycles. The fraction of sp³-hybridized carbons (Fsp3) is 0.535. The largest absolute Gasteiger partial charge is 0.464 e. The van der Waals surface area contributed by atoms with E-state index in [2.05, 4.69) is 39.8 Å². The van der Waals surface area contributed by atoms with Crippen molar-refractivity contribution in [2.45, 2.75) is 122 Å². The Morgan fingerprint density at radius 2 is 1.60 bits per heavy atom. The summed E-state index contributed by atoms with van der Waals surface area (Å²) in [5.74, 6) is 2.45. The number of benzene rings is 2. The number of nitrogens with two attached hydrogens (primary N) is 1. The highest BCUT2D eigenvalue weighted by molar-refractivity contribution is 7.52. The van der Waals surface area contributed by atoms with Crippen LogP contribution in [0, 0.1) is 24.3 Å². The Bertz CT molecular complexity index is 1860. The van der Waals surface area contributed by atoms with Crippen LogP contribution in [0.2, 0.25) is 0 Å². The zero-order valence-electron chi connectivity index (χ0n) is 33.7. The monoisotopic (exact) mass is 806 g/mol. The first-order valence-electron chi connectivity index (χ1n) is 20.3. The summed E-state index contributed by atoms with van der Waals surface area (Å²) in [6, 6.07) is 16.8. The van der Waals surface area contributed by atoms with Crippen LogP contribution in [0.25, 0.3) is 11.2 Å². The van der Waals surface area contributed by atoms with Gasteiger partial charge in [0.1, 0.15) is 17.3 Å². The third-order valence-electron chi connectivity index (χ3n) is 10.1. The van der Waals surface area contributed by atoms with Gasteiger partial charge >= 0.3 is 19.8 Å². The number of hydrogen-bond acceptors (Lipinski definition) is 10. The number of terminal acetylenes is 1. The number of anilines is 1. The number of aromatic nitrogens is 4. The predicted octanol–water partition coefficient (Wildman–Crippen LogP) is 9.24. The minimum atomic E-state index is -4.38. The van der Waals surface area contributed by atoms with Crippen molar-refractivity contribution in [2.24, 2.45) is 5.92 Å². The van der Waals surface area contributed by atoms with Crippen LogP contribution in [-0.4, -0.2) is 57.5 Å². The molecule has 2 aromatic carbocycles. The number of esters is 1. The molecule has 0 fully saturated rings. The van der Waals surface area contributed by atoms with E-state index in [4.69, 9.17) is 30.7 Å². The van der Waals surface area contributed by atoms with Gasteiger partial charge in [-0.05, 0) is 42.9 Å². The molecule has 3 atom stereocenters. The lowest BCUT2D eigenvalue weighted by Gasteiger charge is -2.30. The number of nitrogens with one attached hydrogen (secondary N) is 1. The molecule has 4 aromatic rings. The molecule has 3 N–H and O–H groups in total. The average molecular weight is 807 g/mol. The Morgan fingerprint density at radius 1 is 0.965 bits per heavy atom. The van der Waals surface area contributed by atoms with Crippen molar-refractivity contribution in [3.63, 3.8) is 0 Å². The van der Waals surface area contributed by atoms with Crippen LogP contribution in [0.1, 0.15) is 103 Å². The first-order chi connectivity index (χ1) is 27.6. The summed E-state index contributed by atoms with van der Waals surface area (Å²) >= 11 is 0. The van der Waals surface area contributed by atoms with Crippen LogP contribution in [-0.2, 0) is 36.3 Å². The molecule has 14 heteroatoms. The highest BCUT2D eigenvalue weighted by Gasteiger charge is 2.39. The molecule has 12 nitrogen and oxygen atoms in total. The Hall–Kier alpha value is -4.34. The van der Waals surface area contributed by atoms with Gasteiger partial charge in [-0.1, -0.05) is 133 Å². The van der Waals surface area contributed by atoms with Crippen molar-refractivity contribution >= 4 is 30.7 Å². The number of unbranched alkanes of at least 4 members (excludes halogenated alkanes) is 8. The van der Waals surface area contributed by atoms with Gasteiger partial charge < -0.3 is 24.3 Å². The molecule has 4 rings (SSSR count). The third-order valence-corrected chi connectivity index (χ3v) is 11.6. The molecule has 2 heterocycles. The summed E-state index contributed by atoms with van der Waals surface area (Å²) in [6.07, 6.45) is 20.4. The molecule has 0 aliphatic carbocycles. The fourth-order valence-corrected chi connectivity index (χ4v) is 8.15. The van der Waals surface area contributed by atoms with E-state index in [0.717, 1.165) is 44.1 Å². The molecule has 0 aliphatic rings. The lowest BCUT2D eigenvalue weighted by Crippen LogP contribution is -2.42. The van der Waals surface area contributed by atoms with Gasteiger partial charge in [0, 0.05) is 20.1 Å². The smallest absolute Gasteiger partial charge is 0.459 e. The van der Waals surface area contributed by atoms with E-state index < -0.39 is 38.0 Å². The summed E-state index contributed by atoms with van der Waals surface area (Å²) < 4.78 is 54.5. The number of para-hydroxylation sites is 1. The number of aryl methyl sites for hydroxylation is 1. The molecule has 57 heavy (non-hydrogen) atoms. The average Bonchev–Trinajstić information content (AvgIpc) is 3.63.